The van der Waals surface area contributed by atoms with Gasteiger partial charge in [0.25, 0.3) is 5.56 Å². The first-order valence-electron chi connectivity index (χ1n) is 14.3. The predicted octanol–water partition coefficient (Wildman–Crippen LogP) is 2.06. The smallest absolute Gasteiger partial charge is 0.250 e. The third-order valence-electron chi connectivity index (χ3n) is 7.57. The van der Waals surface area contributed by atoms with Crippen molar-refractivity contribution in [3.8, 4) is 11.9 Å². The van der Waals surface area contributed by atoms with Crippen LogP contribution in [0, 0.1) is 18.3 Å². The Morgan fingerprint density at radius 2 is 1.93 bits per heavy atom. The van der Waals surface area contributed by atoms with E-state index in [1.54, 1.807) is 23.0 Å². The monoisotopic (exact) mass is 558 g/mol. The van der Waals surface area contributed by atoms with Gasteiger partial charge in [-0.15, -0.1) is 0 Å². The lowest BCUT2D eigenvalue weighted by Crippen LogP contribution is -2.45. The summed E-state index contributed by atoms with van der Waals surface area (Å²) in [5, 5.41) is 9.35. The van der Waals surface area contributed by atoms with E-state index in [1.165, 1.54) is 0 Å². The summed E-state index contributed by atoms with van der Waals surface area (Å²) in [6, 6.07) is 11.8. The second-order valence-electron chi connectivity index (χ2n) is 10.7. The fourth-order valence-corrected chi connectivity index (χ4v) is 5.33. The zero-order chi connectivity index (χ0) is 28.4. The van der Waals surface area contributed by atoms with E-state index in [-0.39, 0.29) is 11.7 Å². The number of ether oxygens (including phenoxy) is 3. The Hall–Kier alpha value is -3.62. The first kappa shape index (κ1) is 28.9. The summed E-state index contributed by atoms with van der Waals surface area (Å²) < 4.78 is 19.2. The summed E-state index contributed by atoms with van der Waals surface area (Å²) in [6.07, 6.45) is 6.49. The number of hydrogen-bond acceptors (Lipinski definition) is 9. The van der Waals surface area contributed by atoms with Crippen LogP contribution in [0.3, 0.4) is 0 Å². The van der Waals surface area contributed by atoms with Crippen molar-refractivity contribution >= 4 is 0 Å². The molecule has 2 aliphatic heterocycles. The van der Waals surface area contributed by atoms with Gasteiger partial charge in [0, 0.05) is 95.1 Å². The van der Waals surface area contributed by atoms with Gasteiger partial charge in [-0.3, -0.25) is 19.6 Å². The van der Waals surface area contributed by atoms with E-state index in [4.69, 9.17) is 19.2 Å². The zero-order valence-electron chi connectivity index (χ0n) is 23.7. The molecular formula is C31H38N6O4. The largest absolute Gasteiger partial charge is 0.476 e. The Kier molecular flexibility index (Phi) is 10.1. The van der Waals surface area contributed by atoms with Crippen molar-refractivity contribution in [2.24, 2.45) is 0 Å². The van der Waals surface area contributed by atoms with E-state index in [1.807, 2.05) is 37.4 Å². The second kappa shape index (κ2) is 14.3. The third-order valence-corrected chi connectivity index (χ3v) is 7.57. The molecule has 0 bridgehead atoms. The molecule has 0 amide bonds. The van der Waals surface area contributed by atoms with Crippen LogP contribution >= 0.6 is 0 Å². The topological polar surface area (TPSA) is 106 Å². The normalized spacial score (nSPS) is 18.2. The highest BCUT2D eigenvalue weighted by molar-refractivity contribution is 5.35. The molecule has 2 fully saturated rings. The number of morpholine rings is 2. The van der Waals surface area contributed by atoms with Crippen molar-refractivity contribution in [3.05, 3.63) is 87.2 Å². The second-order valence-corrected chi connectivity index (χ2v) is 10.7. The Morgan fingerprint density at radius 3 is 2.76 bits per heavy atom. The van der Waals surface area contributed by atoms with Gasteiger partial charge in [-0.1, -0.05) is 0 Å². The van der Waals surface area contributed by atoms with Gasteiger partial charge >= 0.3 is 0 Å². The summed E-state index contributed by atoms with van der Waals surface area (Å²) in [6.45, 7) is 10.4. The summed E-state index contributed by atoms with van der Waals surface area (Å²) >= 11 is 0. The Balaban J connectivity index is 1.11. The van der Waals surface area contributed by atoms with Crippen LogP contribution in [0.1, 0.15) is 27.9 Å². The zero-order valence-corrected chi connectivity index (χ0v) is 23.7. The number of nitriles is 1. The molecule has 0 spiro atoms. The van der Waals surface area contributed by atoms with Gasteiger partial charge in [0.2, 0.25) is 5.88 Å². The standard InChI is InChI=1S/C31H38N6O4/c1-24-16-28(18-25-3-5-37(31(38)19-25)7-6-35-8-12-39-13-9-35)34-30(17-24)41-15-11-36-10-14-40-29(23-36)20-26-2-4-33-22-27(26)21-32/h2-5,16-17,19,22,29H,6-15,18,20,23H2,1H3. The number of hydrogen-bond donors (Lipinski definition) is 0. The molecule has 216 valence electrons. The van der Waals surface area contributed by atoms with Gasteiger partial charge in [-0.05, 0) is 41.8 Å². The molecule has 0 aromatic carbocycles. The van der Waals surface area contributed by atoms with Crippen LogP contribution < -0.4 is 10.3 Å². The molecule has 5 heterocycles. The van der Waals surface area contributed by atoms with Crippen LogP contribution in [0.4, 0.5) is 0 Å². The van der Waals surface area contributed by atoms with E-state index in [2.05, 4.69) is 20.9 Å². The molecule has 0 N–H and O–H groups in total. The Bertz CT molecular complexity index is 1400. The lowest BCUT2D eigenvalue weighted by molar-refractivity contribution is -0.0306. The number of pyridine rings is 3. The molecule has 10 nitrogen and oxygen atoms in total. The van der Waals surface area contributed by atoms with Crippen molar-refractivity contribution < 1.29 is 14.2 Å². The van der Waals surface area contributed by atoms with Gasteiger partial charge in [0.1, 0.15) is 12.7 Å². The van der Waals surface area contributed by atoms with E-state index >= 15 is 0 Å². The van der Waals surface area contributed by atoms with Crippen LogP contribution in [0.25, 0.3) is 0 Å². The first-order chi connectivity index (χ1) is 20.1. The molecule has 0 radical (unpaired) electrons. The summed E-state index contributed by atoms with van der Waals surface area (Å²) in [7, 11) is 0. The van der Waals surface area contributed by atoms with Crippen LogP contribution in [0.2, 0.25) is 0 Å². The van der Waals surface area contributed by atoms with E-state index in [0.717, 1.165) is 74.9 Å². The number of aromatic nitrogens is 3. The highest BCUT2D eigenvalue weighted by Crippen LogP contribution is 2.17. The van der Waals surface area contributed by atoms with Crippen molar-refractivity contribution in [1.82, 2.24) is 24.3 Å². The average molecular weight is 559 g/mol. The van der Waals surface area contributed by atoms with Gasteiger partial charge in [-0.2, -0.15) is 5.26 Å². The summed E-state index contributed by atoms with van der Waals surface area (Å²) in [5.41, 5.74) is 4.46. The Labute approximate surface area is 241 Å². The minimum atomic E-state index is 0.0106. The molecule has 1 unspecified atom stereocenters. The van der Waals surface area contributed by atoms with Crippen LogP contribution in [0.5, 0.6) is 5.88 Å². The maximum atomic E-state index is 12.7. The maximum Gasteiger partial charge on any atom is 0.250 e. The lowest BCUT2D eigenvalue weighted by atomic mass is 10.0. The van der Waals surface area contributed by atoms with Crippen LogP contribution in [0.15, 0.2) is 53.7 Å². The van der Waals surface area contributed by atoms with E-state index in [0.29, 0.717) is 44.0 Å². The summed E-state index contributed by atoms with van der Waals surface area (Å²) in [5.74, 6) is 0.596. The molecule has 0 aliphatic carbocycles. The lowest BCUT2D eigenvalue weighted by Gasteiger charge is -2.33. The van der Waals surface area contributed by atoms with Gasteiger partial charge < -0.3 is 18.8 Å². The molecule has 3 aromatic heterocycles. The molecule has 5 rings (SSSR count). The predicted molar refractivity (Wildman–Crippen MR) is 154 cm³/mol. The molecule has 2 aliphatic rings. The first-order valence-corrected chi connectivity index (χ1v) is 14.3. The van der Waals surface area contributed by atoms with Crippen molar-refractivity contribution in [1.29, 1.82) is 5.26 Å². The quantitative estimate of drug-likeness (QED) is 0.350. The van der Waals surface area contributed by atoms with Crippen molar-refractivity contribution in [3.63, 3.8) is 0 Å². The summed E-state index contributed by atoms with van der Waals surface area (Å²) in [4.78, 5) is 26.1. The van der Waals surface area contributed by atoms with Gasteiger partial charge in [0.05, 0.1) is 31.5 Å². The SMILES string of the molecule is Cc1cc(Cc2ccn(CCN3CCOCC3)c(=O)c2)nc(OCCN2CCOC(Cc3ccncc3C#N)C2)c1. The number of nitrogens with zero attached hydrogens (tertiary/aromatic N) is 6. The minimum absolute atomic E-state index is 0.0106. The highest BCUT2D eigenvalue weighted by atomic mass is 16.5. The molecule has 0 saturated carbocycles. The van der Waals surface area contributed by atoms with E-state index < -0.39 is 0 Å². The Morgan fingerprint density at radius 1 is 1.07 bits per heavy atom. The fraction of sp³-hybridized carbons (Fsp3) is 0.484. The molecule has 41 heavy (non-hydrogen) atoms. The third kappa shape index (κ3) is 8.44. The van der Waals surface area contributed by atoms with Gasteiger partial charge in [0.15, 0.2) is 0 Å². The maximum absolute atomic E-state index is 12.7. The van der Waals surface area contributed by atoms with E-state index in [9.17, 15) is 10.1 Å². The molecule has 1 atom stereocenters. The van der Waals surface area contributed by atoms with Crippen molar-refractivity contribution in [2.75, 3.05) is 65.7 Å². The van der Waals surface area contributed by atoms with Crippen LogP contribution in [-0.2, 0) is 28.9 Å². The average Bonchev–Trinajstić information content (AvgIpc) is 2.97. The molecule has 2 saturated heterocycles. The molecule has 10 heteroatoms. The minimum Gasteiger partial charge on any atom is -0.476 e. The fourth-order valence-electron chi connectivity index (χ4n) is 5.33. The molecular weight excluding hydrogens is 520 g/mol. The highest BCUT2D eigenvalue weighted by Gasteiger charge is 2.22. The van der Waals surface area contributed by atoms with Crippen molar-refractivity contribution in [2.45, 2.75) is 32.4 Å². The van der Waals surface area contributed by atoms with Crippen LogP contribution in [-0.4, -0.2) is 96.1 Å². The van der Waals surface area contributed by atoms with Gasteiger partial charge in [-0.25, -0.2) is 4.98 Å². The number of rotatable bonds is 11. The molecule has 3 aromatic rings. The number of aryl methyl sites for hydroxylation is 1.